The van der Waals surface area contributed by atoms with Crippen LogP contribution < -0.4 is 21.0 Å². The number of hydrogen-bond donors (Lipinski definition) is 4. The van der Waals surface area contributed by atoms with Crippen molar-refractivity contribution in [1.29, 1.82) is 0 Å². The van der Waals surface area contributed by atoms with Gasteiger partial charge in [-0.1, -0.05) is 36.4 Å². The zero-order valence-electron chi connectivity index (χ0n) is 17.3. The smallest absolute Gasteiger partial charge is 0.321 e. The van der Waals surface area contributed by atoms with E-state index in [1.54, 1.807) is 11.1 Å². The molecule has 2 aromatic rings. The molecule has 2 atom stereocenters. The first-order valence-electron chi connectivity index (χ1n) is 10.3. The Morgan fingerprint density at radius 1 is 1.12 bits per heavy atom. The molecule has 11 heteroatoms. The molecule has 0 spiro atoms. The summed E-state index contributed by atoms with van der Waals surface area (Å²) in [6.07, 6.45) is 2.17. The van der Waals surface area contributed by atoms with E-state index in [2.05, 4.69) is 43.7 Å². The molecule has 0 aliphatic carbocycles. The third-order valence-electron chi connectivity index (χ3n) is 5.17. The molecule has 1 aromatic heterocycles. The van der Waals surface area contributed by atoms with Crippen molar-refractivity contribution in [2.75, 3.05) is 31.1 Å². The highest BCUT2D eigenvalue weighted by atomic mass is 32.2. The van der Waals surface area contributed by atoms with E-state index in [1.807, 2.05) is 48.5 Å². The third-order valence-corrected chi connectivity index (χ3v) is 6.35. The van der Waals surface area contributed by atoms with Crippen LogP contribution in [0.5, 0.6) is 0 Å². The largest absolute Gasteiger partial charge is 0.353 e. The average molecular weight is 472 g/mol. The molecule has 32 heavy (non-hydrogen) atoms. The standard InChI is InChI=1S/C21H25N7O2S2/c29-18(28-12-10-27(11-13-28)17-8-4-5-9-22-17)16(14-15-6-2-1-3-7-15)23-19(30)24-20-25-26-21(31)32-20/h1-9,16,21,26,31H,10-14H2,(H2,23,24,25,30). The molecule has 3 N–H and O–H groups in total. The van der Waals surface area contributed by atoms with Crippen molar-refractivity contribution in [3.05, 3.63) is 60.3 Å². The van der Waals surface area contributed by atoms with Crippen LogP contribution in [0, 0.1) is 0 Å². The first kappa shape index (κ1) is 22.3. The summed E-state index contributed by atoms with van der Waals surface area (Å²) in [7, 11) is 0. The molecule has 168 valence electrons. The number of amides is 3. The lowest BCUT2D eigenvalue weighted by molar-refractivity contribution is -0.133. The second kappa shape index (κ2) is 10.6. The molecule has 9 nitrogen and oxygen atoms in total. The number of pyridine rings is 1. The van der Waals surface area contributed by atoms with Crippen LogP contribution in [0.4, 0.5) is 10.6 Å². The number of anilines is 1. The minimum absolute atomic E-state index is 0.101. The van der Waals surface area contributed by atoms with E-state index >= 15 is 0 Å². The molecule has 2 unspecified atom stereocenters. The van der Waals surface area contributed by atoms with Gasteiger partial charge in [-0.3, -0.25) is 15.5 Å². The topological polar surface area (TPSA) is 102 Å². The van der Waals surface area contributed by atoms with Crippen molar-refractivity contribution in [3.8, 4) is 0 Å². The number of thioether (sulfide) groups is 1. The van der Waals surface area contributed by atoms with Gasteiger partial charge < -0.3 is 15.1 Å². The molecule has 4 rings (SSSR count). The molecular formula is C21H25N7O2S2. The zero-order valence-corrected chi connectivity index (χ0v) is 19.1. The van der Waals surface area contributed by atoms with Crippen molar-refractivity contribution in [2.24, 2.45) is 5.10 Å². The summed E-state index contributed by atoms with van der Waals surface area (Å²) in [6, 6.07) is 14.3. The number of nitrogens with one attached hydrogen (secondary N) is 3. The maximum absolute atomic E-state index is 13.4. The van der Waals surface area contributed by atoms with E-state index in [-0.39, 0.29) is 10.6 Å². The van der Waals surface area contributed by atoms with Crippen LogP contribution in [0.1, 0.15) is 5.56 Å². The number of nitrogens with zero attached hydrogens (tertiary/aromatic N) is 4. The molecule has 2 aliphatic heterocycles. The number of rotatable bonds is 5. The Morgan fingerprint density at radius 3 is 2.53 bits per heavy atom. The Hall–Kier alpha value is -2.92. The molecule has 2 aliphatic rings. The maximum atomic E-state index is 13.4. The first-order valence-corrected chi connectivity index (χ1v) is 11.7. The molecule has 0 saturated carbocycles. The van der Waals surface area contributed by atoms with Crippen molar-refractivity contribution < 1.29 is 9.59 Å². The van der Waals surface area contributed by atoms with Crippen LogP contribution in [-0.4, -0.2) is 63.9 Å². The number of hydrazone groups is 1. The number of hydrogen-bond acceptors (Lipinski definition) is 8. The molecule has 3 heterocycles. The van der Waals surface area contributed by atoms with E-state index in [0.717, 1.165) is 11.4 Å². The van der Waals surface area contributed by atoms with Gasteiger partial charge in [0.05, 0.1) is 0 Å². The van der Waals surface area contributed by atoms with Crippen LogP contribution >= 0.6 is 24.4 Å². The number of carbonyl (C=O) groups excluding carboxylic acids is 2. The lowest BCUT2D eigenvalue weighted by atomic mass is 10.0. The number of thiol groups is 1. The van der Waals surface area contributed by atoms with E-state index < -0.39 is 12.1 Å². The highest BCUT2D eigenvalue weighted by Gasteiger charge is 2.30. The fraction of sp³-hybridized carbons (Fsp3) is 0.333. The SMILES string of the molecule is O=C(NC1=NNC(S)S1)NC(Cc1ccccc1)C(=O)N1CCN(c2ccccn2)CC1. The van der Waals surface area contributed by atoms with E-state index in [0.29, 0.717) is 37.8 Å². The molecular weight excluding hydrogens is 446 g/mol. The van der Waals surface area contributed by atoms with E-state index in [4.69, 9.17) is 0 Å². The normalized spacial score (nSPS) is 19.0. The minimum Gasteiger partial charge on any atom is -0.353 e. The van der Waals surface area contributed by atoms with Gasteiger partial charge in [-0.25, -0.2) is 9.78 Å². The average Bonchev–Trinajstić information content (AvgIpc) is 3.23. The molecule has 0 bridgehead atoms. The predicted molar refractivity (Wildman–Crippen MR) is 130 cm³/mol. The second-order valence-corrected chi connectivity index (χ2v) is 9.32. The van der Waals surface area contributed by atoms with Crippen LogP contribution in [0.3, 0.4) is 0 Å². The van der Waals surface area contributed by atoms with Gasteiger partial charge >= 0.3 is 6.03 Å². The number of urea groups is 1. The van der Waals surface area contributed by atoms with Crippen molar-refractivity contribution in [2.45, 2.75) is 17.2 Å². The molecule has 1 saturated heterocycles. The number of carbonyl (C=O) groups is 2. The second-order valence-electron chi connectivity index (χ2n) is 7.36. The minimum atomic E-state index is -0.689. The van der Waals surface area contributed by atoms with Crippen LogP contribution in [0.25, 0.3) is 0 Å². The summed E-state index contributed by atoms with van der Waals surface area (Å²) in [5.41, 5.74) is 3.72. The lowest BCUT2D eigenvalue weighted by Crippen LogP contribution is -2.57. The number of piperazine rings is 1. The highest BCUT2D eigenvalue weighted by Crippen LogP contribution is 2.18. The Bertz CT molecular complexity index is 953. The van der Waals surface area contributed by atoms with Crippen LogP contribution in [-0.2, 0) is 11.2 Å². The summed E-state index contributed by atoms with van der Waals surface area (Å²) < 4.78 is -0.206. The van der Waals surface area contributed by atoms with Gasteiger partial charge in [0.2, 0.25) is 5.91 Å². The van der Waals surface area contributed by atoms with Crippen molar-refractivity contribution in [1.82, 2.24) is 25.9 Å². The number of benzene rings is 1. The fourth-order valence-corrected chi connectivity index (χ4v) is 4.52. The zero-order chi connectivity index (χ0) is 22.3. The first-order chi connectivity index (χ1) is 15.6. The lowest BCUT2D eigenvalue weighted by Gasteiger charge is -2.37. The van der Waals surface area contributed by atoms with Gasteiger partial charge in [-0.15, -0.1) is 12.6 Å². The van der Waals surface area contributed by atoms with E-state index in [9.17, 15) is 9.59 Å². The van der Waals surface area contributed by atoms with Crippen LogP contribution in [0.2, 0.25) is 0 Å². The number of aromatic nitrogens is 1. The summed E-state index contributed by atoms with van der Waals surface area (Å²) in [4.78, 5) is 34.3. The van der Waals surface area contributed by atoms with Gasteiger partial charge in [0.1, 0.15) is 16.6 Å². The Balaban J connectivity index is 1.39. The highest BCUT2D eigenvalue weighted by molar-refractivity contribution is 8.21. The van der Waals surface area contributed by atoms with Crippen LogP contribution in [0.15, 0.2) is 59.8 Å². The molecule has 0 radical (unpaired) electrons. The van der Waals surface area contributed by atoms with Crippen molar-refractivity contribution >= 4 is 47.3 Å². The summed E-state index contributed by atoms with van der Waals surface area (Å²) in [5, 5.41) is 9.92. The molecule has 1 aromatic carbocycles. The summed E-state index contributed by atoms with van der Waals surface area (Å²) in [6.45, 7) is 2.51. The predicted octanol–water partition coefficient (Wildman–Crippen LogP) is 1.46. The van der Waals surface area contributed by atoms with Crippen molar-refractivity contribution in [3.63, 3.8) is 0 Å². The van der Waals surface area contributed by atoms with Gasteiger partial charge in [0.15, 0.2) is 5.17 Å². The van der Waals surface area contributed by atoms with Gasteiger partial charge in [0.25, 0.3) is 0 Å². The Morgan fingerprint density at radius 2 is 1.88 bits per heavy atom. The Kier molecular flexibility index (Phi) is 7.38. The van der Waals surface area contributed by atoms with Gasteiger partial charge in [0, 0.05) is 38.8 Å². The fourth-order valence-electron chi connectivity index (χ4n) is 3.59. The van der Waals surface area contributed by atoms with E-state index in [1.165, 1.54) is 11.8 Å². The monoisotopic (exact) mass is 471 g/mol. The summed E-state index contributed by atoms with van der Waals surface area (Å²) in [5.74, 6) is 0.805. The number of amidine groups is 1. The summed E-state index contributed by atoms with van der Waals surface area (Å²) >= 11 is 5.53. The maximum Gasteiger partial charge on any atom is 0.321 e. The quantitative estimate of drug-likeness (QED) is 0.493. The molecule has 3 amide bonds. The third kappa shape index (κ3) is 5.86. The van der Waals surface area contributed by atoms with Gasteiger partial charge in [-0.05, 0) is 29.5 Å². The molecule has 1 fully saturated rings. The Labute approximate surface area is 196 Å². The van der Waals surface area contributed by atoms with Gasteiger partial charge in [-0.2, -0.15) is 5.10 Å².